The highest BCUT2D eigenvalue weighted by Crippen LogP contribution is 2.15. The van der Waals surface area contributed by atoms with Gasteiger partial charge in [-0.1, -0.05) is 43.9 Å². The molecule has 0 amide bonds. The molecular weight excluding hydrogens is 200 g/mol. The van der Waals surface area contributed by atoms with Crippen LogP contribution in [-0.4, -0.2) is 13.1 Å². The Labute approximate surface area is 99.4 Å². The molecule has 0 aromatic carbocycles. The van der Waals surface area contributed by atoms with Crippen LogP contribution < -0.4 is 0 Å². The number of rotatable bonds is 7. The molecule has 92 valence electrons. The lowest BCUT2D eigenvalue weighted by molar-refractivity contribution is -0.134. The van der Waals surface area contributed by atoms with Crippen LogP contribution in [-0.2, 0) is 9.53 Å². The first-order valence-electron chi connectivity index (χ1n) is 6.01. The number of carbonyl (C=O) groups excluding carboxylic acids is 1. The van der Waals surface area contributed by atoms with Crippen molar-refractivity contribution in [3.63, 3.8) is 0 Å². The van der Waals surface area contributed by atoms with E-state index in [9.17, 15) is 4.79 Å². The van der Waals surface area contributed by atoms with Gasteiger partial charge in [-0.2, -0.15) is 0 Å². The number of allylic oxidation sites excluding steroid dienone is 3. The normalized spacial score (nSPS) is 12.5. The van der Waals surface area contributed by atoms with E-state index in [1.54, 1.807) is 0 Å². The molecule has 1 unspecified atom stereocenters. The molecular formula is C14H24O2. The van der Waals surface area contributed by atoms with Crippen molar-refractivity contribution in [2.75, 3.05) is 7.11 Å². The predicted octanol–water partition coefficient (Wildman–Crippen LogP) is 3.88. The van der Waals surface area contributed by atoms with Crippen LogP contribution >= 0.6 is 0 Å². The summed E-state index contributed by atoms with van der Waals surface area (Å²) in [6, 6.07) is 0. The van der Waals surface area contributed by atoms with Gasteiger partial charge >= 0.3 is 5.97 Å². The third-order valence-corrected chi connectivity index (χ3v) is 2.37. The van der Waals surface area contributed by atoms with Crippen LogP contribution in [0.15, 0.2) is 23.8 Å². The molecule has 0 fully saturated rings. The number of methoxy groups -OCH3 is 1. The Balaban J connectivity index is 4.26. The van der Waals surface area contributed by atoms with Gasteiger partial charge in [0.1, 0.15) is 0 Å². The highest BCUT2D eigenvalue weighted by atomic mass is 16.5. The second-order valence-corrected chi connectivity index (χ2v) is 4.29. The Morgan fingerprint density at radius 2 is 2.00 bits per heavy atom. The fourth-order valence-corrected chi connectivity index (χ4v) is 1.56. The SMILES string of the molecule is CCCCCC(C=C(C)C)/C=C/C(=O)OC. The molecule has 0 heterocycles. The van der Waals surface area contributed by atoms with Gasteiger partial charge in [0.2, 0.25) is 0 Å². The van der Waals surface area contributed by atoms with Crippen molar-refractivity contribution in [2.24, 2.45) is 5.92 Å². The summed E-state index contributed by atoms with van der Waals surface area (Å²) >= 11 is 0. The Morgan fingerprint density at radius 3 is 2.50 bits per heavy atom. The summed E-state index contributed by atoms with van der Waals surface area (Å²) in [5.41, 5.74) is 1.29. The van der Waals surface area contributed by atoms with E-state index in [1.807, 2.05) is 6.08 Å². The minimum Gasteiger partial charge on any atom is -0.466 e. The first kappa shape index (κ1) is 14.9. The summed E-state index contributed by atoms with van der Waals surface area (Å²) in [5, 5.41) is 0. The van der Waals surface area contributed by atoms with Crippen LogP contribution in [0.25, 0.3) is 0 Å². The topological polar surface area (TPSA) is 26.3 Å². The van der Waals surface area contributed by atoms with Gasteiger partial charge in [-0.25, -0.2) is 4.79 Å². The Morgan fingerprint density at radius 1 is 1.31 bits per heavy atom. The van der Waals surface area contributed by atoms with Gasteiger partial charge in [-0.3, -0.25) is 0 Å². The summed E-state index contributed by atoms with van der Waals surface area (Å²) in [7, 11) is 1.40. The average Bonchev–Trinajstić information content (AvgIpc) is 2.24. The fraction of sp³-hybridized carbons (Fsp3) is 0.643. The minimum atomic E-state index is -0.275. The van der Waals surface area contributed by atoms with Crippen molar-refractivity contribution in [1.29, 1.82) is 0 Å². The first-order chi connectivity index (χ1) is 7.60. The molecule has 0 saturated carbocycles. The van der Waals surface area contributed by atoms with Gasteiger partial charge in [0, 0.05) is 6.08 Å². The minimum absolute atomic E-state index is 0.275. The van der Waals surface area contributed by atoms with Crippen LogP contribution in [0.1, 0.15) is 46.5 Å². The lowest BCUT2D eigenvalue weighted by Crippen LogP contribution is -1.98. The van der Waals surface area contributed by atoms with E-state index in [1.165, 1.54) is 38.0 Å². The molecule has 0 aromatic rings. The summed E-state index contributed by atoms with van der Waals surface area (Å²) < 4.78 is 4.58. The van der Waals surface area contributed by atoms with Crippen LogP contribution in [0.2, 0.25) is 0 Å². The number of unbranched alkanes of at least 4 members (excludes halogenated alkanes) is 2. The molecule has 0 aliphatic rings. The van der Waals surface area contributed by atoms with Crippen LogP contribution in [0.3, 0.4) is 0 Å². The van der Waals surface area contributed by atoms with Crippen molar-refractivity contribution < 1.29 is 9.53 Å². The highest BCUT2D eigenvalue weighted by molar-refractivity contribution is 5.81. The molecule has 0 N–H and O–H groups in total. The molecule has 1 atom stereocenters. The van der Waals surface area contributed by atoms with Gasteiger partial charge in [0.05, 0.1) is 7.11 Å². The Bertz CT molecular complexity index is 247. The Kier molecular flexibility index (Phi) is 8.59. The van der Waals surface area contributed by atoms with Crippen LogP contribution in [0.5, 0.6) is 0 Å². The quantitative estimate of drug-likeness (QED) is 0.284. The van der Waals surface area contributed by atoms with Crippen molar-refractivity contribution >= 4 is 5.97 Å². The van der Waals surface area contributed by atoms with E-state index in [-0.39, 0.29) is 5.97 Å². The summed E-state index contributed by atoms with van der Waals surface area (Å²) in [5.74, 6) is 0.0818. The third kappa shape index (κ3) is 8.27. The molecule has 0 radical (unpaired) electrons. The zero-order chi connectivity index (χ0) is 12.4. The van der Waals surface area contributed by atoms with Crippen LogP contribution in [0, 0.1) is 5.92 Å². The smallest absolute Gasteiger partial charge is 0.330 e. The highest BCUT2D eigenvalue weighted by Gasteiger charge is 2.02. The van der Waals surface area contributed by atoms with Crippen molar-refractivity contribution in [1.82, 2.24) is 0 Å². The molecule has 0 aliphatic heterocycles. The largest absolute Gasteiger partial charge is 0.466 e. The molecule has 0 aromatic heterocycles. The maximum absolute atomic E-state index is 11.0. The van der Waals surface area contributed by atoms with E-state index < -0.39 is 0 Å². The van der Waals surface area contributed by atoms with Crippen molar-refractivity contribution in [2.45, 2.75) is 46.5 Å². The number of carbonyl (C=O) groups is 1. The van der Waals surface area contributed by atoms with Gasteiger partial charge in [-0.05, 0) is 26.2 Å². The maximum atomic E-state index is 11.0. The molecule has 0 aliphatic carbocycles. The van der Waals surface area contributed by atoms with Crippen molar-refractivity contribution in [3.05, 3.63) is 23.8 Å². The van der Waals surface area contributed by atoms with E-state index >= 15 is 0 Å². The first-order valence-corrected chi connectivity index (χ1v) is 6.01. The number of esters is 1. The van der Waals surface area contributed by atoms with Gasteiger partial charge in [0.25, 0.3) is 0 Å². The van der Waals surface area contributed by atoms with E-state index in [0.29, 0.717) is 5.92 Å². The average molecular weight is 224 g/mol. The van der Waals surface area contributed by atoms with Crippen LogP contribution in [0.4, 0.5) is 0 Å². The third-order valence-electron chi connectivity index (χ3n) is 2.37. The van der Waals surface area contributed by atoms with E-state index in [0.717, 1.165) is 6.42 Å². The summed E-state index contributed by atoms with van der Waals surface area (Å²) in [6.45, 7) is 6.36. The second-order valence-electron chi connectivity index (χ2n) is 4.29. The molecule has 2 nitrogen and oxygen atoms in total. The standard InChI is InChI=1S/C14H24O2/c1-5-6-7-8-13(11-12(2)3)9-10-14(15)16-4/h9-11,13H,5-8H2,1-4H3/b10-9+. The summed E-state index contributed by atoms with van der Waals surface area (Å²) in [4.78, 5) is 11.0. The number of hydrogen-bond acceptors (Lipinski definition) is 2. The number of hydrogen-bond donors (Lipinski definition) is 0. The molecule has 2 heteroatoms. The molecule has 0 saturated heterocycles. The van der Waals surface area contributed by atoms with Gasteiger partial charge in [0.15, 0.2) is 0 Å². The zero-order valence-corrected chi connectivity index (χ0v) is 11.0. The second kappa shape index (κ2) is 9.20. The molecule has 0 rings (SSSR count). The monoisotopic (exact) mass is 224 g/mol. The fourth-order valence-electron chi connectivity index (χ4n) is 1.56. The number of ether oxygens (including phenoxy) is 1. The maximum Gasteiger partial charge on any atom is 0.330 e. The molecule has 16 heavy (non-hydrogen) atoms. The van der Waals surface area contributed by atoms with E-state index in [2.05, 4.69) is 31.6 Å². The lowest BCUT2D eigenvalue weighted by atomic mass is 9.98. The van der Waals surface area contributed by atoms with E-state index in [4.69, 9.17) is 0 Å². The predicted molar refractivity (Wildman–Crippen MR) is 68.2 cm³/mol. The molecule has 0 bridgehead atoms. The van der Waals surface area contributed by atoms with Crippen molar-refractivity contribution in [3.8, 4) is 0 Å². The zero-order valence-electron chi connectivity index (χ0n) is 11.0. The van der Waals surface area contributed by atoms with Gasteiger partial charge in [-0.15, -0.1) is 0 Å². The van der Waals surface area contributed by atoms with Gasteiger partial charge < -0.3 is 4.74 Å². The summed E-state index contributed by atoms with van der Waals surface area (Å²) in [6.07, 6.45) is 10.4. The Hall–Kier alpha value is -1.05. The lowest BCUT2D eigenvalue weighted by Gasteiger charge is -2.08. The molecule has 0 spiro atoms.